The maximum atomic E-state index is 4.64. The van der Waals surface area contributed by atoms with Gasteiger partial charge in [0.1, 0.15) is 0 Å². The number of nitrogens with zero attached hydrogens (tertiary/aromatic N) is 4. The lowest BCUT2D eigenvalue weighted by Crippen LogP contribution is -2.59. The quantitative estimate of drug-likeness (QED) is 0.847. The Hall–Kier alpha value is -1.03. The minimum Gasteiger partial charge on any atom is -0.363 e. The number of piperazine rings is 1. The summed E-state index contributed by atoms with van der Waals surface area (Å²) in [6, 6.07) is 1.41. The smallest absolute Gasteiger partial charge is 0.0855 e. The van der Waals surface area contributed by atoms with Crippen molar-refractivity contribution in [2.45, 2.75) is 58.0 Å². The highest BCUT2D eigenvalue weighted by Crippen LogP contribution is 2.31. The lowest BCUT2D eigenvalue weighted by Gasteiger charge is -2.49. The molecule has 0 amide bonds. The first-order chi connectivity index (χ1) is 9.72. The standard InChI is InChI=1S/C16H28N4/c1-4-13-10-19-9-7-6-8-14(19)11-20(13)16-12-18(3)17-15(16)5-2/h12-14H,4-11H2,1-3H3. The normalized spacial score (nSPS) is 27.6. The summed E-state index contributed by atoms with van der Waals surface area (Å²) in [5, 5.41) is 4.64. The van der Waals surface area contributed by atoms with E-state index in [0.29, 0.717) is 6.04 Å². The van der Waals surface area contributed by atoms with Crippen molar-refractivity contribution >= 4 is 5.69 Å². The summed E-state index contributed by atoms with van der Waals surface area (Å²) in [4.78, 5) is 5.38. The fourth-order valence-corrected chi connectivity index (χ4v) is 3.91. The zero-order valence-corrected chi connectivity index (χ0v) is 13.2. The van der Waals surface area contributed by atoms with Crippen LogP contribution in [0.2, 0.25) is 0 Å². The molecule has 0 N–H and O–H groups in total. The van der Waals surface area contributed by atoms with E-state index in [2.05, 4.69) is 34.9 Å². The van der Waals surface area contributed by atoms with Crippen LogP contribution in [-0.2, 0) is 13.5 Å². The lowest BCUT2D eigenvalue weighted by atomic mass is 9.95. The Bertz CT molecular complexity index is 453. The van der Waals surface area contributed by atoms with Gasteiger partial charge in [-0.15, -0.1) is 0 Å². The first kappa shape index (κ1) is 13.9. The van der Waals surface area contributed by atoms with Crippen LogP contribution in [-0.4, -0.2) is 46.4 Å². The van der Waals surface area contributed by atoms with Gasteiger partial charge in [-0.2, -0.15) is 5.10 Å². The van der Waals surface area contributed by atoms with Gasteiger partial charge in [0.25, 0.3) is 0 Å². The molecule has 112 valence electrons. The monoisotopic (exact) mass is 276 g/mol. The van der Waals surface area contributed by atoms with E-state index in [1.165, 1.54) is 56.7 Å². The van der Waals surface area contributed by atoms with Crippen molar-refractivity contribution in [3.05, 3.63) is 11.9 Å². The molecule has 0 radical (unpaired) electrons. The van der Waals surface area contributed by atoms with Crippen LogP contribution in [0.1, 0.15) is 45.2 Å². The second-order valence-electron chi connectivity index (χ2n) is 6.35. The van der Waals surface area contributed by atoms with Gasteiger partial charge in [-0.1, -0.05) is 20.3 Å². The zero-order chi connectivity index (χ0) is 14.1. The molecule has 2 unspecified atom stereocenters. The molecule has 3 heterocycles. The third kappa shape index (κ3) is 2.46. The van der Waals surface area contributed by atoms with Crippen LogP contribution in [0.4, 0.5) is 5.69 Å². The predicted molar refractivity (Wildman–Crippen MR) is 83.2 cm³/mol. The Morgan fingerprint density at radius 2 is 2.10 bits per heavy atom. The summed E-state index contributed by atoms with van der Waals surface area (Å²) in [6.07, 6.45) is 8.63. The molecule has 2 atom stereocenters. The number of fused-ring (bicyclic) bond motifs is 1. The molecule has 0 saturated carbocycles. The number of hydrogen-bond acceptors (Lipinski definition) is 3. The molecule has 4 heteroatoms. The van der Waals surface area contributed by atoms with Gasteiger partial charge in [0.2, 0.25) is 0 Å². The molecule has 4 nitrogen and oxygen atoms in total. The number of piperidine rings is 1. The molecular weight excluding hydrogens is 248 g/mol. The summed E-state index contributed by atoms with van der Waals surface area (Å²) in [5.74, 6) is 0. The highest BCUT2D eigenvalue weighted by Gasteiger charge is 2.35. The van der Waals surface area contributed by atoms with Crippen LogP contribution in [0.25, 0.3) is 0 Å². The van der Waals surface area contributed by atoms with Crippen molar-refractivity contribution < 1.29 is 0 Å². The molecule has 0 aliphatic carbocycles. The number of hydrogen-bond donors (Lipinski definition) is 0. The summed E-state index contributed by atoms with van der Waals surface area (Å²) in [7, 11) is 2.04. The van der Waals surface area contributed by atoms with Crippen LogP contribution < -0.4 is 4.90 Å². The average molecular weight is 276 g/mol. The number of rotatable bonds is 3. The SMILES string of the molecule is CCc1nn(C)cc1N1CC2CCCCN2CC1CC. The molecule has 0 bridgehead atoms. The van der Waals surface area contributed by atoms with Gasteiger partial charge < -0.3 is 4.90 Å². The van der Waals surface area contributed by atoms with E-state index < -0.39 is 0 Å². The highest BCUT2D eigenvalue weighted by molar-refractivity contribution is 5.51. The van der Waals surface area contributed by atoms with Crippen molar-refractivity contribution in [2.75, 3.05) is 24.5 Å². The van der Waals surface area contributed by atoms with Gasteiger partial charge in [0.05, 0.1) is 11.4 Å². The van der Waals surface area contributed by atoms with E-state index in [9.17, 15) is 0 Å². The van der Waals surface area contributed by atoms with Crippen LogP contribution in [0.15, 0.2) is 6.20 Å². The van der Waals surface area contributed by atoms with Crippen LogP contribution in [0.3, 0.4) is 0 Å². The molecule has 3 rings (SSSR count). The van der Waals surface area contributed by atoms with Gasteiger partial charge in [0.15, 0.2) is 0 Å². The molecule has 1 aromatic rings. The Balaban J connectivity index is 1.86. The van der Waals surface area contributed by atoms with Crippen molar-refractivity contribution in [1.82, 2.24) is 14.7 Å². The third-order valence-corrected chi connectivity index (χ3v) is 5.04. The van der Waals surface area contributed by atoms with Crippen LogP contribution in [0.5, 0.6) is 0 Å². The molecule has 20 heavy (non-hydrogen) atoms. The molecule has 2 aliphatic heterocycles. The van der Waals surface area contributed by atoms with Crippen LogP contribution >= 0.6 is 0 Å². The van der Waals surface area contributed by atoms with Crippen molar-refractivity contribution in [1.29, 1.82) is 0 Å². The van der Waals surface area contributed by atoms with Gasteiger partial charge >= 0.3 is 0 Å². The topological polar surface area (TPSA) is 24.3 Å². The molecule has 0 spiro atoms. The Morgan fingerprint density at radius 1 is 1.25 bits per heavy atom. The van der Waals surface area contributed by atoms with Gasteiger partial charge in [-0.25, -0.2) is 0 Å². The minimum atomic E-state index is 0.652. The van der Waals surface area contributed by atoms with Gasteiger partial charge in [-0.3, -0.25) is 9.58 Å². The van der Waals surface area contributed by atoms with Crippen molar-refractivity contribution in [3.63, 3.8) is 0 Å². The van der Waals surface area contributed by atoms with Crippen molar-refractivity contribution in [2.24, 2.45) is 7.05 Å². The average Bonchev–Trinajstić information content (AvgIpc) is 2.86. The summed E-state index contributed by atoms with van der Waals surface area (Å²) < 4.78 is 1.98. The Labute approximate surface area is 122 Å². The molecule has 2 aliphatic rings. The maximum Gasteiger partial charge on any atom is 0.0855 e. The number of aromatic nitrogens is 2. The molecular formula is C16H28N4. The Kier molecular flexibility index (Phi) is 4.01. The fourth-order valence-electron chi connectivity index (χ4n) is 3.91. The van der Waals surface area contributed by atoms with Crippen molar-refractivity contribution in [3.8, 4) is 0 Å². The number of aryl methyl sites for hydroxylation is 2. The second-order valence-corrected chi connectivity index (χ2v) is 6.35. The molecule has 0 aromatic carbocycles. The summed E-state index contributed by atoms with van der Waals surface area (Å²) >= 11 is 0. The van der Waals surface area contributed by atoms with E-state index >= 15 is 0 Å². The first-order valence-electron chi connectivity index (χ1n) is 8.26. The maximum absolute atomic E-state index is 4.64. The zero-order valence-electron chi connectivity index (χ0n) is 13.2. The summed E-state index contributed by atoms with van der Waals surface area (Å²) in [6.45, 7) is 8.27. The fraction of sp³-hybridized carbons (Fsp3) is 0.812. The van der Waals surface area contributed by atoms with Gasteiger partial charge in [0, 0.05) is 38.4 Å². The minimum absolute atomic E-state index is 0.652. The van der Waals surface area contributed by atoms with E-state index in [0.717, 1.165) is 12.5 Å². The largest absolute Gasteiger partial charge is 0.363 e. The Morgan fingerprint density at radius 3 is 2.85 bits per heavy atom. The second kappa shape index (κ2) is 5.76. The number of anilines is 1. The summed E-state index contributed by atoms with van der Waals surface area (Å²) in [5.41, 5.74) is 2.64. The molecule has 2 fully saturated rings. The predicted octanol–water partition coefficient (Wildman–Crippen LogP) is 2.44. The van der Waals surface area contributed by atoms with E-state index in [-0.39, 0.29) is 0 Å². The van der Waals surface area contributed by atoms with E-state index in [4.69, 9.17) is 0 Å². The molecule has 2 saturated heterocycles. The van der Waals surface area contributed by atoms with Gasteiger partial charge in [-0.05, 0) is 32.2 Å². The van der Waals surface area contributed by atoms with E-state index in [1.54, 1.807) is 0 Å². The van der Waals surface area contributed by atoms with E-state index in [1.807, 2.05) is 11.7 Å². The lowest BCUT2D eigenvalue weighted by molar-refractivity contribution is 0.111. The van der Waals surface area contributed by atoms with Crippen LogP contribution in [0, 0.1) is 0 Å². The first-order valence-corrected chi connectivity index (χ1v) is 8.26. The molecule has 1 aromatic heterocycles. The highest BCUT2D eigenvalue weighted by atomic mass is 15.3. The third-order valence-electron chi connectivity index (χ3n) is 5.04.